The zero-order valence-corrected chi connectivity index (χ0v) is 11.6. The molecule has 102 valence electrons. The lowest BCUT2D eigenvalue weighted by Crippen LogP contribution is -2.19. The number of hydrogen-bond donors (Lipinski definition) is 1. The molecular formula is C14H21N5. The average molecular weight is 259 g/mol. The molecule has 3 unspecified atom stereocenters. The van der Waals surface area contributed by atoms with Crippen molar-refractivity contribution in [2.24, 2.45) is 11.8 Å². The van der Waals surface area contributed by atoms with Crippen LogP contribution in [0.1, 0.15) is 44.3 Å². The highest BCUT2D eigenvalue weighted by molar-refractivity contribution is 5.77. The molecule has 2 N–H and O–H groups in total. The van der Waals surface area contributed by atoms with Gasteiger partial charge >= 0.3 is 0 Å². The van der Waals surface area contributed by atoms with E-state index in [9.17, 15) is 0 Å². The van der Waals surface area contributed by atoms with Crippen molar-refractivity contribution >= 4 is 17.1 Å². The number of hydrogen-bond acceptors (Lipinski definition) is 3. The lowest BCUT2D eigenvalue weighted by atomic mass is 9.95. The monoisotopic (exact) mass is 259 g/mol. The zero-order chi connectivity index (χ0) is 13.1. The van der Waals surface area contributed by atoms with E-state index in [2.05, 4.69) is 26.3 Å². The first kappa shape index (κ1) is 11.3. The number of aromatic nitrogens is 4. The molecule has 2 aromatic rings. The lowest BCUT2D eigenvalue weighted by Gasteiger charge is -2.24. The van der Waals surface area contributed by atoms with Gasteiger partial charge in [-0.1, -0.05) is 6.42 Å². The van der Waals surface area contributed by atoms with E-state index < -0.39 is 0 Å². The molecule has 0 aliphatic heterocycles. The Kier molecular flexibility index (Phi) is 2.23. The van der Waals surface area contributed by atoms with Crippen LogP contribution in [0.4, 0.5) is 5.95 Å². The molecule has 4 rings (SSSR count). The molecule has 2 aliphatic carbocycles. The number of nitrogens with zero attached hydrogens (tertiary/aromatic N) is 4. The predicted molar refractivity (Wildman–Crippen MR) is 74.8 cm³/mol. The van der Waals surface area contributed by atoms with Crippen molar-refractivity contribution < 1.29 is 0 Å². The maximum Gasteiger partial charge on any atom is 0.202 e. The van der Waals surface area contributed by atoms with Crippen LogP contribution in [0.25, 0.3) is 11.2 Å². The van der Waals surface area contributed by atoms with E-state index in [1.165, 1.54) is 25.7 Å². The topological polar surface area (TPSA) is 61.7 Å². The van der Waals surface area contributed by atoms with Gasteiger partial charge in [-0.05, 0) is 44.9 Å². The fourth-order valence-corrected chi connectivity index (χ4v) is 4.28. The van der Waals surface area contributed by atoms with Crippen LogP contribution >= 0.6 is 0 Å². The van der Waals surface area contributed by atoms with E-state index in [4.69, 9.17) is 5.73 Å². The van der Waals surface area contributed by atoms with E-state index in [0.717, 1.165) is 35.2 Å². The average Bonchev–Trinajstić information content (AvgIpc) is 3.11. The number of aryl methyl sites for hydroxylation is 2. The van der Waals surface area contributed by atoms with E-state index in [1.54, 1.807) is 0 Å². The van der Waals surface area contributed by atoms with Gasteiger partial charge in [-0.3, -0.25) is 4.57 Å². The maximum absolute atomic E-state index is 6.21. The van der Waals surface area contributed by atoms with Gasteiger partial charge in [0.25, 0.3) is 0 Å². The van der Waals surface area contributed by atoms with Crippen molar-refractivity contribution in [3.63, 3.8) is 0 Å². The van der Waals surface area contributed by atoms with E-state index in [0.29, 0.717) is 12.0 Å². The molecule has 2 aromatic heterocycles. The summed E-state index contributed by atoms with van der Waals surface area (Å²) in [6.45, 7) is 5.02. The Bertz CT molecular complexity index is 638. The molecule has 3 atom stereocenters. The zero-order valence-electron chi connectivity index (χ0n) is 11.6. The quantitative estimate of drug-likeness (QED) is 0.901. The molecule has 19 heavy (non-hydrogen) atoms. The summed E-state index contributed by atoms with van der Waals surface area (Å²) >= 11 is 0. The van der Waals surface area contributed by atoms with Crippen LogP contribution < -0.4 is 5.73 Å². The molecule has 2 aliphatic rings. The van der Waals surface area contributed by atoms with Gasteiger partial charge in [-0.15, -0.1) is 0 Å². The second-order valence-corrected chi connectivity index (χ2v) is 6.16. The number of nitrogen functional groups attached to an aromatic ring is 1. The van der Waals surface area contributed by atoms with Crippen molar-refractivity contribution in [1.29, 1.82) is 0 Å². The maximum atomic E-state index is 6.21. The second-order valence-electron chi connectivity index (χ2n) is 6.16. The summed E-state index contributed by atoms with van der Waals surface area (Å²) in [5.41, 5.74) is 9.33. The van der Waals surface area contributed by atoms with Crippen LogP contribution in [0.5, 0.6) is 0 Å². The largest absolute Gasteiger partial charge is 0.369 e. The Hall–Kier alpha value is -1.52. The first-order valence-corrected chi connectivity index (χ1v) is 7.39. The van der Waals surface area contributed by atoms with Gasteiger partial charge < -0.3 is 5.73 Å². The summed E-state index contributed by atoms with van der Waals surface area (Å²) in [7, 11) is 0. The van der Waals surface area contributed by atoms with Crippen LogP contribution in [0.15, 0.2) is 0 Å². The van der Waals surface area contributed by atoms with Gasteiger partial charge in [0.05, 0.1) is 5.69 Å². The molecule has 0 saturated heterocycles. The van der Waals surface area contributed by atoms with Crippen LogP contribution in [-0.2, 0) is 6.54 Å². The summed E-state index contributed by atoms with van der Waals surface area (Å²) in [4.78, 5) is 4.57. The Morgan fingerprint density at radius 1 is 1.32 bits per heavy atom. The Morgan fingerprint density at radius 3 is 2.79 bits per heavy atom. The number of fused-ring (bicyclic) bond motifs is 3. The first-order chi connectivity index (χ1) is 9.19. The predicted octanol–water partition coefficient (Wildman–Crippen LogP) is 2.50. The minimum absolute atomic E-state index is 0.546. The summed E-state index contributed by atoms with van der Waals surface area (Å²) in [6.07, 6.45) is 5.41. The molecule has 2 fully saturated rings. The number of rotatable bonds is 2. The van der Waals surface area contributed by atoms with Crippen molar-refractivity contribution in [2.45, 2.75) is 52.1 Å². The fourth-order valence-electron chi connectivity index (χ4n) is 4.28. The fraction of sp³-hybridized carbons (Fsp3) is 0.714. The molecule has 2 heterocycles. The van der Waals surface area contributed by atoms with Crippen LogP contribution in [0.2, 0.25) is 0 Å². The minimum atomic E-state index is 0.546. The molecule has 0 amide bonds. The number of imidazole rings is 1. The molecule has 5 nitrogen and oxygen atoms in total. The van der Waals surface area contributed by atoms with Crippen molar-refractivity contribution in [3.8, 4) is 0 Å². The highest BCUT2D eigenvalue weighted by Gasteiger charge is 2.42. The SMILES string of the molecule is CCn1nc(C)c2nc(N)n(C3CC4CCC3C4)c21. The van der Waals surface area contributed by atoms with E-state index >= 15 is 0 Å². The standard InChI is InChI=1S/C14H21N5/c1-3-18-13-12(8(2)17-18)16-14(15)19(13)11-7-9-4-5-10(11)6-9/h9-11H,3-7H2,1-2H3,(H2,15,16). The first-order valence-electron chi connectivity index (χ1n) is 7.39. The molecule has 5 heteroatoms. The van der Waals surface area contributed by atoms with E-state index in [1.807, 2.05) is 6.92 Å². The highest BCUT2D eigenvalue weighted by Crippen LogP contribution is 2.52. The molecule has 0 aromatic carbocycles. The molecule has 2 saturated carbocycles. The third-order valence-electron chi connectivity index (χ3n) is 5.10. The Labute approximate surface area is 112 Å². The van der Waals surface area contributed by atoms with Crippen molar-refractivity contribution in [2.75, 3.05) is 5.73 Å². The van der Waals surface area contributed by atoms with E-state index in [-0.39, 0.29) is 0 Å². The Morgan fingerprint density at radius 2 is 2.16 bits per heavy atom. The summed E-state index contributed by atoms with van der Waals surface area (Å²) in [5, 5.41) is 4.58. The summed E-state index contributed by atoms with van der Waals surface area (Å²) in [6, 6.07) is 0.546. The minimum Gasteiger partial charge on any atom is -0.369 e. The van der Waals surface area contributed by atoms with Gasteiger partial charge in [0.15, 0.2) is 5.65 Å². The van der Waals surface area contributed by atoms with Crippen molar-refractivity contribution in [3.05, 3.63) is 5.69 Å². The van der Waals surface area contributed by atoms with Gasteiger partial charge in [0, 0.05) is 12.6 Å². The third kappa shape index (κ3) is 1.41. The van der Waals surface area contributed by atoms with Crippen LogP contribution in [0, 0.1) is 18.8 Å². The smallest absolute Gasteiger partial charge is 0.202 e. The van der Waals surface area contributed by atoms with Gasteiger partial charge in [-0.25, -0.2) is 9.67 Å². The van der Waals surface area contributed by atoms with Crippen LogP contribution in [-0.4, -0.2) is 19.3 Å². The second kappa shape index (κ2) is 3.74. The normalized spacial score (nSPS) is 29.7. The van der Waals surface area contributed by atoms with Crippen molar-refractivity contribution in [1.82, 2.24) is 19.3 Å². The summed E-state index contributed by atoms with van der Waals surface area (Å²) in [5.74, 6) is 2.38. The molecule has 0 spiro atoms. The third-order valence-corrected chi connectivity index (χ3v) is 5.10. The highest BCUT2D eigenvalue weighted by atomic mass is 15.4. The van der Waals surface area contributed by atoms with Gasteiger partial charge in [0.2, 0.25) is 5.95 Å². The summed E-state index contributed by atoms with van der Waals surface area (Å²) < 4.78 is 4.34. The van der Waals surface area contributed by atoms with Gasteiger partial charge in [-0.2, -0.15) is 5.10 Å². The van der Waals surface area contributed by atoms with Gasteiger partial charge in [0.1, 0.15) is 5.52 Å². The van der Waals surface area contributed by atoms with Crippen LogP contribution in [0.3, 0.4) is 0 Å². The molecular weight excluding hydrogens is 238 g/mol. The lowest BCUT2D eigenvalue weighted by molar-refractivity contribution is 0.335. The molecule has 2 bridgehead atoms. The number of anilines is 1. The number of nitrogens with two attached hydrogens (primary N) is 1. The molecule has 0 radical (unpaired) electrons. The Balaban J connectivity index is 1.91.